The van der Waals surface area contributed by atoms with Gasteiger partial charge in [-0.1, -0.05) is 12.8 Å². The van der Waals surface area contributed by atoms with Gasteiger partial charge in [-0.05, 0) is 51.0 Å². The maximum absolute atomic E-state index is 12.0. The van der Waals surface area contributed by atoms with Crippen LogP contribution >= 0.6 is 0 Å². The van der Waals surface area contributed by atoms with Crippen LogP contribution in [0.2, 0.25) is 0 Å². The van der Waals surface area contributed by atoms with E-state index in [1.165, 1.54) is 31.9 Å². The van der Waals surface area contributed by atoms with E-state index >= 15 is 0 Å². The number of furan rings is 1. The highest BCUT2D eigenvalue weighted by Crippen LogP contribution is 2.40. The molecule has 158 valence electrons. The highest BCUT2D eigenvalue weighted by Gasteiger charge is 2.33. The van der Waals surface area contributed by atoms with Crippen molar-refractivity contribution in [1.29, 1.82) is 0 Å². The van der Waals surface area contributed by atoms with Gasteiger partial charge in [0.15, 0.2) is 11.7 Å². The molecule has 0 spiro atoms. The predicted octanol–water partition coefficient (Wildman–Crippen LogP) is 2.86. The van der Waals surface area contributed by atoms with E-state index in [2.05, 4.69) is 20.9 Å². The maximum atomic E-state index is 12.0. The third kappa shape index (κ3) is 6.86. The molecule has 1 saturated carbocycles. The molecule has 1 aliphatic rings. The summed E-state index contributed by atoms with van der Waals surface area (Å²) in [7, 11) is 1.79. The lowest BCUT2D eigenvalue weighted by Gasteiger charge is -2.30. The number of nitrogens with one attached hydrogen (secondary N) is 3. The fourth-order valence-corrected chi connectivity index (χ4v) is 3.75. The van der Waals surface area contributed by atoms with Gasteiger partial charge in [0.05, 0.1) is 6.26 Å². The van der Waals surface area contributed by atoms with Gasteiger partial charge in [0.2, 0.25) is 0 Å². The van der Waals surface area contributed by atoms with Crippen molar-refractivity contribution in [2.24, 2.45) is 10.4 Å². The molecule has 1 aromatic rings. The second-order valence-corrected chi connectivity index (χ2v) is 7.55. The van der Waals surface area contributed by atoms with Gasteiger partial charge in [0.1, 0.15) is 0 Å². The van der Waals surface area contributed by atoms with E-state index < -0.39 is 0 Å². The van der Waals surface area contributed by atoms with E-state index in [4.69, 9.17) is 9.15 Å². The van der Waals surface area contributed by atoms with Gasteiger partial charge in [-0.15, -0.1) is 0 Å². The molecule has 0 aromatic carbocycles. The Bertz CT molecular complexity index is 621. The van der Waals surface area contributed by atoms with Crippen LogP contribution in [0, 0.1) is 12.3 Å². The summed E-state index contributed by atoms with van der Waals surface area (Å²) in [6.45, 7) is 7.77. The first-order valence-corrected chi connectivity index (χ1v) is 10.4. The molecule has 0 saturated heterocycles. The van der Waals surface area contributed by atoms with Crippen molar-refractivity contribution in [3.63, 3.8) is 0 Å². The number of hydrogen-bond donors (Lipinski definition) is 3. The Balaban J connectivity index is 1.65. The molecular formula is C21H36N4O3. The normalized spacial score (nSPS) is 16.2. The van der Waals surface area contributed by atoms with Gasteiger partial charge in [-0.2, -0.15) is 0 Å². The Morgan fingerprint density at radius 2 is 2.00 bits per heavy atom. The minimum Gasteiger partial charge on any atom is -0.459 e. The number of ether oxygens (including phenoxy) is 1. The smallest absolute Gasteiger partial charge is 0.287 e. The number of amides is 1. The molecular weight excluding hydrogens is 356 g/mol. The van der Waals surface area contributed by atoms with Gasteiger partial charge in [0, 0.05) is 45.5 Å². The van der Waals surface area contributed by atoms with E-state index in [-0.39, 0.29) is 5.91 Å². The first-order valence-electron chi connectivity index (χ1n) is 10.4. The van der Waals surface area contributed by atoms with Gasteiger partial charge in [0.25, 0.3) is 5.91 Å². The first kappa shape index (κ1) is 22.3. The van der Waals surface area contributed by atoms with Crippen LogP contribution < -0.4 is 16.0 Å². The highest BCUT2D eigenvalue weighted by atomic mass is 16.5. The Morgan fingerprint density at radius 1 is 1.25 bits per heavy atom. The molecule has 0 unspecified atom stereocenters. The quantitative estimate of drug-likeness (QED) is 0.306. The van der Waals surface area contributed by atoms with E-state index in [9.17, 15) is 4.79 Å². The van der Waals surface area contributed by atoms with E-state index in [1.807, 2.05) is 13.8 Å². The fraction of sp³-hybridized carbons (Fsp3) is 0.714. The summed E-state index contributed by atoms with van der Waals surface area (Å²) < 4.78 is 10.8. The van der Waals surface area contributed by atoms with Gasteiger partial charge < -0.3 is 25.1 Å². The molecule has 0 atom stereocenters. The maximum Gasteiger partial charge on any atom is 0.287 e. The van der Waals surface area contributed by atoms with Crippen LogP contribution in [0.5, 0.6) is 0 Å². The highest BCUT2D eigenvalue weighted by molar-refractivity contribution is 5.92. The van der Waals surface area contributed by atoms with Crippen molar-refractivity contribution in [3.8, 4) is 0 Å². The number of guanidine groups is 1. The Hall–Kier alpha value is -2.02. The molecule has 1 aliphatic carbocycles. The van der Waals surface area contributed by atoms with Gasteiger partial charge in [-0.25, -0.2) is 0 Å². The Morgan fingerprint density at radius 3 is 2.64 bits per heavy atom. The minimum absolute atomic E-state index is 0.164. The third-order valence-electron chi connectivity index (χ3n) is 5.50. The van der Waals surface area contributed by atoms with Crippen LogP contribution in [0.15, 0.2) is 21.7 Å². The molecule has 1 fully saturated rings. The molecule has 7 nitrogen and oxygen atoms in total. The van der Waals surface area contributed by atoms with Crippen LogP contribution in [0.3, 0.4) is 0 Å². The number of aryl methyl sites for hydroxylation is 1. The number of hydrogen-bond acceptors (Lipinski definition) is 4. The SMILES string of the molecule is CCOCCC1(CNC(=NC)NCCCNC(=O)c2occc2C)CCCC1. The lowest BCUT2D eigenvalue weighted by Crippen LogP contribution is -2.44. The van der Waals surface area contributed by atoms with Crippen LogP contribution in [0.4, 0.5) is 0 Å². The van der Waals surface area contributed by atoms with Crippen LogP contribution in [0.25, 0.3) is 0 Å². The van der Waals surface area contributed by atoms with E-state index in [0.717, 1.165) is 50.7 Å². The third-order valence-corrected chi connectivity index (χ3v) is 5.50. The monoisotopic (exact) mass is 392 g/mol. The molecule has 2 rings (SSSR count). The standard InChI is InChI=1S/C21H36N4O3/c1-4-27-15-11-21(9-5-6-10-21)16-25-20(22-3)24-13-7-12-23-19(26)18-17(2)8-14-28-18/h8,14H,4-7,9-13,15-16H2,1-3H3,(H,23,26)(H2,22,24,25). The summed E-state index contributed by atoms with van der Waals surface area (Å²) in [5.74, 6) is 1.04. The lowest BCUT2D eigenvalue weighted by molar-refractivity contribution is 0.0924. The second kappa shape index (κ2) is 11.7. The van der Waals surface area contributed by atoms with Crippen LogP contribution in [0.1, 0.15) is 61.6 Å². The van der Waals surface area contributed by atoms with Crippen LogP contribution in [-0.4, -0.2) is 51.8 Å². The van der Waals surface area contributed by atoms with Crippen LogP contribution in [-0.2, 0) is 4.74 Å². The van der Waals surface area contributed by atoms with Crippen molar-refractivity contribution < 1.29 is 13.9 Å². The number of nitrogens with zero attached hydrogens (tertiary/aromatic N) is 1. The van der Waals surface area contributed by atoms with Crippen molar-refractivity contribution in [1.82, 2.24) is 16.0 Å². The van der Waals surface area contributed by atoms with Crippen molar-refractivity contribution >= 4 is 11.9 Å². The molecule has 1 aromatic heterocycles. The summed E-state index contributed by atoms with van der Waals surface area (Å²) in [5.41, 5.74) is 1.17. The lowest BCUT2D eigenvalue weighted by atomic mass is 9.83. The van der Waals surface area contributed by atoms with Gasteiger partial charge in [-0.3, -0.25) is 9.79 Å². The first-order chi connectivity index (χ1) is 13.6. The van der Waals surface area contributed by atoms with Gasteiger partial charge >= 0.3 is 0 Å². The van der Waals surface area contributed by atoms with Crippen molar-refractivity contribution in [3.05, 3.63) is 23.7 Å². The molecule has 3 N–H and O–H groups in total. The molecule has 7 heteroatoms. The Kier molecular flexibility index (Phi) is 9.34. The van der Waals surface area contributed by atoms with E-state index in [0.29, 0.717) is 17.7 Å². The molecule has 1 amide bonds. The fourth-order valence-electron chi connectivity index (χ4n) is 3.75. The summed E-state index contributed by atoms with van der Waals surface area (Å²) in [4.78, 5) is 16.3. The largest absolute Gasteiger partial charge is 0.459 e. The topological polar surface area (TPSA) is 87.9 Å². The Labute approximate surface area is 168 Å². The molecule has 0 bridgehead atoms. The molecule has 0 radical (unpaired) electrons. The average molecular weight is 393 g/mol. The summed E-state index contributed by atoms with van der Waals surface area (Å²) >= 11 is 0. The molecule has 28 heavy (non-hydrogen) atoms. The second-order valence-electron chi connectivity index (χ2n) is 7.55. The number of carbonyl (C=O) groups excluding carboxylic acids is 1. The van der Waals surface area contributed by atoms with Crippen molar-refractivity contribution in [2.75, 3.05) is 39.9 Å². The predicted molar refractivity (Wildman–Crippen MR) is 112 cm³/mol. The molecule has 0 aliphatic heterocycles. The number of aliphatic imine (C=N–C) groups is 1. The number of rotatable bonds is 11. The van der Waals surface area contributed by atoms with E-state index in [1.54, 1.807) is 13.1 Å². The summed E-state index contributed by atoms with van der Waals surface area (Å²) in [5, 5.41) is 9.70. The zero-order valence-corrected chi connectivity index (χ0v) is 17.6. The zero-order chi connectivity index (χ0) is 20.2. The minimum atomic E-state index is -0.164. The summed E-state index contributed by atoms with van der Waals surface area (Å²) in [6, 6.07) is 1.79. The average Bonchev–Trinajstić information content (AvgIpc) is 3.33. The zero-order valence-electron chi connectivity index (χ0n) is 17.6. The molecule has 1 heterocycles. The van der Waals surface area contributed by atoms with Crippen molar-refractivity contribution in [2.45, 2.75) is 52.4 Å². The summed E-state index contributed by atoms with van der Waals surface area (Å²) in [6.07, 6.45) is 8.55. The number of carbonyl (C=O) groups is 1.